The molecule has 0 bridgehead atoms. The molecule has 0 radical (unpaired) electrons. The van der Waals surface area contributed by atoms with Crippen molar-refractivity contribution in [2.24, 2.45) is 0 Å². The molecule has 8 aromatic carbocycles. The van der Waals surface area contributed by atoms with Gasteiger partial charge < -0.3 is 9.13 Å². The summed E-state index contributed by atoms with van der Waals surface area (Å²) in [5.41, 5.74) is 13.1. The molecule has 58 heavy (non-hydrogen) atoms. The third kappa shape index (κ3) is 5.76. The number of nitrogens with zero attached hydrogens (tertiary/aromatic N) is 5. The first-order chi connectivity index (χ1) is 28.8. The van der Waals surface area contributed by atoms with Crippen molar-refractivity contribution in [3.05, 3.63) is 212 Å². The lowest BCUT2D eigenvalue weighted by Gasteiger charge is -2.14. The van der Waals surface area contributed by atoms with Gasteiger partial charge in [0, 0.05) is 50.4 Å². The van der Waals surface area contributed by atoms with Crippen molar-refractivity contribution in [3.8, 4) is 67.8 Å². The van der Waals surface area contributed by atoms with E-state index in [9.17, 15) is 0 Å². The first-order valence-corrected chi connectivity index (χ1v) is 19.5. The lowest BCUT2D eigenvalue weighted by Crippen LogP contribution is -2.00. The van der Waals surface area contributed by atoms with E-state index in [2.05, 4.69) is 161 Å². The van der Waals surface area contributed by atoms with Crippen LogP contribution in [0.4, 0.5) is 0 Å². The van der Waals surface area contributed by atoms with Crippen molar-refractivity contribution in [1.82, 2.24) is 24.1 Å². The maximum atomic E-state index is 5.02. The second-order valence-corrected chi connectivity index (χ2v) is 14.5. The average Bonchev–Trinajstić information content (AvgIpc) is 3.90. The highest BCUT2D eigenvalue weighted by atomic mass is 15.0. The van der Waals surface area contributed by atoms with Gasteiger partial charge in [-0.25, -0.2) is 15.0 Å². The van der Waals surface area contributed by atoms with Crippen LogP contribution in [-0.4, -0.2) is 24.1 Å². The number of hydrogen-bond acceptors (Lipinski definition) is 3. The largest absolute Gasteiger partial charge is 0.316 e. The van der Waals surface area contributed by atoms with Gasteiger partial charge in [-0.3, -0.25) is 0 Å². The fourth-order valence-corrected chi connectivity index (χ4v) is 8.30. The van der Waals surface area contributed by atoms with Gasteiger partial charge in [-0.2, -0.15) is 0 Å². The molecule has 0 fully saturated rings. The molecule has 0 aliphatic rings. The lowest BCUT2D eigenvalue weighted by molar-refractivity contribution is 1.07. The molecule has 11 aromatic rings. The zero-order valence-electron chi connectivity index (χ0n) is 31.4. The van der Waals surface area contributed by atoms with Gasteiger partial charge in [0.15, 0.2) is 17.5 Å². The van der Waals surface area contributed by atoms with E-state index in [1.54, 1.807) is 0 Å². The minimum Gasteiger partial charge on any atom is -0.316 e. The molecule has 0 saturated carbocycles. The van der Waals surface area contributed by atoms with E-state index in [4.69, 9.17) is 15.0 Å². The Kier molecular flexibility index (Phi) is 8.07. The van der Waals surface area contributed by atoms with E-state index in [0.717, 1.165) is 50.2 Å². The van der Waals surface area contributed by atoms with Crippen LogP contribution in [0, 0.1) is 0 Å². The minimum atomic E-state index is 0.631. The van der Waals surface area contributed by atoms with E-state index in [1.807, 2.05) is 60.7 Å². The lowest BCUT2D eigenvalue weighted by atomic mass is 9.97. The third-order valence-electron chi connectivity index (χ3n) is 11.0. The van der Waals surface area contributed by atoms with Crippen LogP contribution in [0.3, 0.4) is 0 Å². The summed E-state index contributed by atoms with van der Waals surface area (Å²) >= 11 is 0. The number of hydrogen-bond donors (Lipinski definition) is 0. The fourth-order valence-electron chi connectivity index (χ4n) is 8.30. The molecule has 11 rings (SSSR count). The standard InChI is InChI=1S/C53H35N5/c1-5-17-36(18-6-1)46-35-48-45(31-32-57(48)42-26-11-4-12-27-42)50-49(46)44-29-13-14-30-47(44)58(50)43-28-16-24-40(34-43)39-23-15-25-41(33-39)53-55-51(37-19-7-2-8-20-37)54-52(56-53)38-21-9-3-10-22-38/h1-35H. The molecular formula is C53H35N5. The highest BCUT2D eigenvalue weighted by Gasteiger charge is 2.22. The van der Waals surface area contributed by atoms with Gasteiger partial charge in [0.25, 0.3) is 0 Å². The molecule has 3 heterocycles. The number of benzene rings is 8. The molecule has 5 nitrogen and oxygen atoms in total. The maximum absolute atomic E-state index is 5.02. The minimum absolute atomic E-state index is 0.631. The van der Waals surface area contributed by atoms with Crippen molar-refractivity contribution in [2.75, 3.05) is 0 Å². The summed E-state index contributed by atoms with van der Waals surface area (Å²) in [5.74, 6) is 1.92. The van der Waals surface area contributed by atoms with Gasteiger partial charge >= 0.3 is 0 Å². The molecule has 0 unspecified atom stereocenters. The Balaban J connectivity index is 1.10. The van der Waals surface area contributed by atoms with Crippen LogP contribution >= 0.6 is 0 Å². The smallest absolute Gasteiger partial charge is 0.164 e. The molecule has 0 amide bonds. The van der Waals surface area contributed by atoms with Crippen LogP contribution in [-0.2, 0) is 0 Å². The van der Waals surface area contributed by atoms with Crippen LogP contribution in [0.15, 0.2) is 212 Å². The van der Waals surface area contributed by atoms with Crippen LogP contribution in [0.2, 0.25) is 0 Å². The summed E-state index contributed by atoms with van der Waals surface area (Å²) in [4.78, 5) is 14.9. The number of rotatable bonds is 7. The van der Waals surface area contributed by atoms with E-state index >= 15 is 0 Å². The normalized spacial score (nSPS) is 11.4. The van der Waals surface area contributed by atoms with Crippen LogP contribution in [0.1, 0.15) is 0 Å². The van der Waals surface area contributed by atoms with Gasteiger partial charge in [-0.15, -0.1) is 0 Å². The second-order valence-electron chi connectivity index (χ2n) is 14.5. The number of fused-ring (bicyclic) bond motifs is 5. The number of aromatic nitrogens is 5. The zero-order chi connectivity index (χ0) is 38.4. The molecule has 0 aliphatic heterocycles. The molecule has 0 spiro atoms. The maximum Gasteiger partial charge on any atom is 0.164 e. The van der Waals surface area contributed by atoms with E-state index in [-0.39, 0.29) is 0 Å². The predicted octanol–water partition coefficient (Wildman–Crippen LogP) is 13.2. The van der Waals surface area contributed by atoms with Gasteiger partial charge in [0.05, 0.1) is 16.6 Å². The van der Waals surface area contributed by atoms with E-state index < -0.39 is 0 Å². The molecule has 5 heteroatoms. The Morgan fingerprint density at radius 1 is 0.328 bits per heavy atom. The summed E-state index contributed by atoms with van der Waals surface area (Å²) in [7, 11) is 0. The summed E-state index contributed by atoms with van der Waals surface area (Å²) in [5, 5.41) is 3.66. The predicted molar refractivity (Wildman–Crippen MR) is 238 cm³/mol. The Morgan fingerprint density at radius 3 is 1.50 bits per heavy atom. The van der Waals surface area contributed by atoms with Crippen LogP contribution in [0.5, 0.6) is 0 Å². The molecule has 0 saturated heterocycles. The molecule has 0 aliphatic carbocycles. The molecular weight excluding hydrogens is 707 g/mol. The zero-order valence-corrected chi connectivity index (χ0v) is 31.4. The van der Waals surface area contributed by atoms with Gasteiger partial charge in [-0.05, 0) is 70.8 Å². The van der Waals surface area contributed by atoms with Crippen LogP contribution < -0.4 is 0 Å². The Bertz CT molecular complexity index is 3200. The summed E-state index contributed by atoms with van der Waals surface area (Å²) in [6, 6.07) is 72.4. The summed E-state index contributed by atoms with van der Waals surface area (Å²) in [6.07, 6.45) is 2.20. The average molecular weight is 742 g/mol. The summed E-state index contributed by atoms with van der Waals surface area (Å²) < 4.78 is 4.76. The van der Waals surface area contributed by atoms with E-state index in [1.165, 1.54) is 32.8 Å². The topological polar surface area (TPSA) is 48.5 Å². The van der Waals surface area contributed by atoms with Crippen molar-refractivity contribution in [3.63, 3.8) is 0 Å². The second kappa shape index (κ2) is 14.0. The van der Waals surface area contributed by atoms with Crippen molar-refractivity contribution < 1.29 is 0 Å². The molecule has 3 aromatic heterocycles. The number of para-hydroxylation sites is 2. The fraction of sp³-hybridized carbons (Fsp3) is 0. The van der Waals surface area contributed by atoms with Crippen molar-refractivity contribution in [2.45, 2.75) is 0 Å². The van der Waals surface area contributed by atoms with Gasteiger partial charge in [-0.1, -0.05) is 158 Å². The monoisotopic (exact) mass is 741 g/mol. The van der Waals surface area contributed by atoms with Crippen molar-refractivity contribution >= 4 is 32.7 Å². The van der Waals surface area contributed by atoms with Crippen LogP contribution in [0.25, 0.3) is 101 Å². The first-order valence-electron chi connectivity index (χ1n) is 19.5. The Labute approximate surface area is 335 Å². The summed E-state index contributed by atoms with van der Waals surface area (Å²) in [6.45, 7) is 0. The van der Waals surface area contributed by atoms with E-state index in [0.29, 0.717) is 17.5 Å². The quantitative estimate of drug-likeness (QED) is 0.163. The molecule has 0 atom stereocenters. The Hall–Kier alpha value is -7.89. The first kappa shape index (κ1) is 33.4. The highest BCUT2D eigenvalue weighted by Crippen LogP contribution is 2.44. The SMILES string of the molecule is c1ccc(-c2nc(-c3ccccc3)nc(-c3cccc(-c4cccc(-n5c6ccccc6c6c(-c7ccccc7)cc7c(ccn7-c7ccccc7)c65)c4)c3)n2)cc1. The highest BCUT2D eigenvalue weighted by molar-refractivity contribution is 6.24. The van der Waals surface area contributed by atoms with Crippen molar-refractivity contribution in [1.29, 1.82) is 0 Å². The Morgan fingerprint density at radius 2 is 0.828 bits per heavy atom. The van der Waals surface area contributed by atoms with Gasteiger partial charge in [0.2, 0.25) is 0 Å². The van der Waals surface area contributed by atoms with Gasteiger partial charge in [0.1, 0.15) is 0 Å². The third-order valence-corrected chi connectivity index (χ3v) is 11.0. The molecule has 0 N–H and O–H groups in total. The molecule has 272 valence electrons.